The molecule has 0 saturated carbocycles. The zero-order valence-electron chi connectivity index (χ0n) is 11.6. The fourth-order valence-corrected chi connectivity index (χ4v) is 2.34. The third-order valence-electron chi connectivity index (χ3n) is 3.33. The van der Waals surface area contributed by atoms with Crippen LogP contribution in [0.5, 0.6) is 5.75 Å². The minimum Gasteiger partial charge on any atom is -0.494 e. The van der Waals surface area contributed by atoms with E-state index in [0.717, 1.165) is 16.7 Å². The Labute approximate surface area is 122 Å². The topological polar surface area (TPSA) is 29.5 Å². The summed E-state index contributed by atoms with van der Waals surface area (Å²) in [4.78, 5) is 0. The molecule has 0 aliphatic rings. The predicted octanol–water partition coefficient (Wildman–Crippen LogP) is 4.19. The molecule has 2 aromatic carbocycles. The summed E-state index contributed by atoms with van der Waals surface area (Å²) in [6, 6.07) is 8.00. The molecule has 0 radical (unpaired) electrons. The van der Waals surface area contributed by atoms with Gasteiger partial charge in [0.2, 0.25) is 0 Å². The van der Waals surface area contributed by atoms with Crippen LogP contribution in [-0.4, -0.2) is 12.2 Å². The highest BCUT2D eigenvalue weighted by Crippen LogP contribution is 2.31. The van der Waals surface area contributed by atoms with Crippen molar-refractivity contribution in [1.29, 1.82) is 0 Å². The highest BCUT2D eigenvalue weighted by atomic mass is 35.5. The number of halogens is 2. The van der Waals surface area contributed by atoms with Crippen LogP contribution < -0.4 is 4.74 Å². The Bertz CT molecular complexity index is 641. The fourth-order valence-electron chi connectivity index (χ4n) is 2.12. The average Bonchev–Trinajstić information content (AvgIpc) is 2.42. The molecule has 0 bridgehead atoms. The highest BCUT2D eigenvalue weighted by molar-refractivity contribution is 6.31. The van der Waals surface area contributed by atoms with Crippen LogP contribution in [0.4, 0.5) is 4.39 Å². The van der Waals surface area contributed by atoms with Gasteiger partial charge in [-0.05, 0) is 54.3 Å². The number of aliphatic hydroxyl groups is 1. The number of rotatable bonds is 3. The first kappa shape index (κ1) is 14.8. The van der Waals surface area contributed by atoms with Crippen molar-refractivity contribution >= 4 is 11.6 Å². The molecule has 0 fully saturated rings. The van der Waals surface area contributed by atoms with Gasteiger partial charge in [0.1, 0.15) is 6.10 Å². The molecule has 1 unspecified atom stereocenters. The molecule has 20 heavy (non-hydrogen) atoms. The van der Waals surface area contributed by atoms with Crippen molar-refractivity contribution in [2.24, 2.45) is 0 Å². The summed E-state index contributed by atoms with van der Waals surface area (Å²) in [6.07, 6.45) is -0.847. The number of methoxy groups -OCH3 is 1. The normalized spacial score (nSPS) is 12.3. The Morgan fingerprint density at radius 3 is 2.50 bits per heavy atom. The number of aliphatic hydroxyl groups excluding tert-OH is 1. The maximum Gasteiger partial charge on any atom is 0.165 e. The van der Waals surface area contributed by atoms with E-state index in [2.05, 4.69) is 0 Å². The lowest BCUT2D eigenvalue weighted by atomic mass is 9.95. The summed E-state index contributed by atoms with van der Waals surface area (Å²) < 4.78 is 18.3. The van der Waals surface area contributed by atoms with Gasteiger partial charge >= 0.3 is 0 Å². The average molecular weight is 295 g/mol. The molecule has 0 aromatic heterocycles. The van der Waals surface area contributed by atoms with E-state index in [0.29, 0.717) is 10.6 Å². The van der Waals surface area contributed by atoms with E-state index >= 15 is 0 Å². The minimum absolute atomic E-state index is 0.116. The third-order valence-corrected chi connectivity index (χ3v) is 3.74. The van der Waals surface area contributed by atoms with E-state index in [1.165, 1.54) is 19.2 Å². The Hall–Kier alpha value is -1.58. The fraction of sp³-hybridized carbons (Fsp3) is 0.250. The number of hydrogen-bond acceptors (Lipinski definition) is 2. The Morgan fingerprint density at radius 2 is 1.85 bits per heavy atom. The van der Waals surface area contributed by atoms with E-state index in [-0.39, 0.29) is 5.75 Å². The van der Waals surface area contributed by atoms with Crippen LogP contribution in [-0.2, 0) is 0 Å². The molecule has 0 amide bonds. The first-order valence-corrected chi connectivity index (χ1v) is 6.60. The van der Waals surface area contributed by atoms with Gasteiger partial charge in [-0.3, -0.25) is 0 Å². The Balaban J connectivity index is 2.46. The van der Waals surface area contributed by atoms with Gasteiger partial charge in [-0.25, -0.2) is 4.39 Å². The molecule has 1 N–H and O–H groups in total. The summed E-state index contributed by atoms with van der Waals surface area (Å²) in [5.74, 6) is -0.336. The molecule has 2 aromatic rings. The molecule has 2 rings (SSSR count). The quantitative estimate of drug-likeness (QED) is 0.920. The number of ether oxygens (including phenoxy) is 1. The second kappa shape index (κ2) is 5.81. The first-order chi connectivity index (χ1) is 9.43. The molecular formula is C16H16ClFO2. The van der Waals surface area contributed by atoms with Crippen molar-refractivity contribution in [3.63, 3.8) is 0 Å². The molecule has 0 spiro atoms. The summed E-state index contributed by atoms with van der Waals surface area (Å²) in [5, 5.41) is 11.1. The van der Waals surface area contributed by atoms with Crippen molar-refractivity contribution in [3.8, 4) is 5.75 Å². The molecule has 0 saturated heterocycles. The van der Waals surface area contributed by atoms with E-state index in [9.17, 15) is 9.50 Å². The monoisotopic (exact) mass is 294 g/mol. The van der Waals surface area contributed by atoms with Crippen LogP contribution in [0, 0.1) is 19.7 Å². The van der Waals surface area contributed by atoms with Gasteiger partial charge in [0, 0.05) is 5.02 Å². The van der Waals surface area contributed by atoms with Gasteiger partial charge in [0.25, 0.3) is 0 Å². The molecule has 0 heterocycles. The summed E-state index contributed by atoms with van der Waals surface area (Å²) >= 11 is 6.05. The SMILES string of the molecule is COc1cc(C(O)c2cc(C)c(Cl)cc2C)ccc1F. The summed E-state index contributed by atoms with van der Waals surface area (Å²) in [7, 11) is 1.40. The van der Waals surface area contributed by atoms with Crippen molar-refractivity contribution < 1.29 is 14.2 Å². The molecule has 106 valence electrons. The van der Waals surface area contributed by atoms with Crippen molar-refractivity contribution in [2.45, 2.75) is 20.0 Å². The number of benzene rings is 2. The van der Waals surface area contributed by atoms with E-state index < -0.39 is 11.9 Å². The van der Waals surface area contributed by atoms with Gasteiger partial charge in [-0.15, -0.1) is 0 Å². The van der Waals surface area contributed by atoms with Gasteiger partial charge in [-0.2, -0.15) is 0 Å². The van der Waals surface area contributed by atoms with Crippen LogP contribution in [0.15, 0.2) is 30.3 Å². The lowest BCUT2D eigenvalue weighted by molar-refractivity contribution is 0.218. The maximum absolute atomic E-state index is 13.4. The Morgan fingerprint density at radius 1 is 1.15 bits per heavy atom. The van der Waals surface area contributed by atoms with Crippen LogP contribution in [0.2, 0.25) is 5.02 Å². The minimum atomic E-state index is -0.847. The second-order valence-corrected chi connectivity index (χ2v) is 5.16. The zero-order valence-corrected chi connectivity index (χ0v) is 12.3. The van der Waals surface area contributed by atoms with Gasteiger partial charge in [0.05, 0.1) is 7.11 Å². The highest BCUT2D eigenvalue weighted by Gasteiger charge is 2.16. The number of hydrogen-bond donors (Lipinski definition) is 1. The maximum atomic E-state index is 13.4. The van der Waals surface area contributed by atoms with Crippen molar-refractivity contribution in [2.75, 3.05) is 7.11 Å². The molecule has 4 heteroatoms. The zero-order chi connectivity index (χ0) is 14.9. The molecule has 0 aliphatic carbocycles. The smallest absolute Gasteiger partial charge is 0.165 e. The molecule has 2 nitrogen and oxygen atoms in total. The predicted molar refractivity (Wildman–Crippen MR) is 77.9 cm³/mol. The van der Waals surface area contributed by atoms with Crippen molar-refractivity contribution in [1.82, 2.24) is 0 Å². The molecule has 0 aliphatic heterocycles. The van der Waals surface area contributed by atoms with Crippen LogP contribution >= 0.6 is 11.6 Å². The van der Waals surface area contributed by atoms with Gasteiger partial charge < -0.3 is 9.84 Å². The van der Waals surface area contributed by atoms with E-state index in [1.807, 2.05) is 26.0 Å². The molecular weight excluding hydrogens is 279 g/mol. The molecule has 1 atom stereocenters. The Kier molecular flexibility index (Phi) is 4.31. The van der Waals surface area contributed by atoms with Gasteiger partial charge in [0.15, 0.2) is 11.6 Å². The first-order valence-electron chi connectivity index (χ1n) is 6.22. The standard InChI is InChI=1S/C16H16ClFO2/c1-9-7-13(17)10(2)6-12(9)16(19)11-4-5-14(18)15(8-11)20-3/h4-8,16,19H,1-3H3. The van der Waals surface area contributed by atoms with Crippen LogP contribution in [0.3, 0.4) is 0 Å². The van der Waals surface area contributed by atoms with Crippen LogP contribution in [0.1, 0.15) is 28.4 Å². The lowest BCUT2D eigenvalue weighted by Crippen LogP contribution is -2.04. The summed E-state index contributed by atoms with van der Waals surface area (Å²) in [6.45, 7) is 3.76. The van der Waals surface area contributed by atoms with Crippen LogP contribution in [0.25, 0.3) is 0 Å². The number of aryl methyl sites for hydroxylation is 2. The van der Waals surface area contributed by atoms with E-state index in [1.54, 1.807) is 6.07 Å². The lowest BCUT2D eigenvalue weighted by Gasteiger charge is -2.16. The van der Waals surface area contributed by atoms with Gasteiger partial charge in [-0.1, -0.05) is 23.7 Å². The summed E-state index contributed by atoms with van der Waals surface area (Å²) in [5.41, 5.74) is 3.10. The largest absolute Gasteiger partial charge is 0.494 e. The van der Waals surface area contributed by atoms with Crippen molar-refractivity contribution in [3.05, 3.63) is 63.4 Å². The third kappa shape index (κ3) is 2.79. The van der Waals surface area contributed by atoms with E-state index in [4.69, 9.17) is 16.3 Å². The second-order valence-electron chi connectivity index (χ2n) is 4.75.